The van der Waals surface area contributed by atoms with E-state index in [2.05, 4.69) is 15.5 Å². The van der Waals surface area contributed by atoms with Crippen LogP contribution in [-0.2, 0) is 13.2 Å². The summed E-state index contributed by atoms with van der Waals surface area (Å²) in [5.74, 6) is -0.451. The number of hydrogen-bond donors (Lipinski definition) is 1. The lowest BCUT2D eigenvalue weighted by Gasteiger charge is -2.32. The zero-order chi connectivity index (χ0) is 24.5. The minimum absolute atomic E-state index is 0.0118. The number of hydrogen-bond acceptors (Lipinski definition) is 5. The van der Waals surface area contributed by atoms with Crippen LogP contribution in [0.15, 0.2) is 42.9 Å². The van der Waals surface area contributed by atoms with E-state index < -0.39 is 11.7 Å². The number of benzene rings is 1. The number of methoxy groups -OCH3 is 1. The molecule has 1 aliphatic rings. The molecule has 1 saturated heterocycles. The van der Waals surface area contributed by atoms with Gasteiger partial charge in [0.1, 0.15) is 0 Å². The first kappa shape index (κ1) is 23.3. The van der Waals surface area contributed by atoms with Crippen molar-refractivity contribution in [3.05, 3.63) is 59.7 Å². The zero-order valence-corrected chi connectivity index (χ0v) is 18.5. The topological polar surface area (TPSA) is 94.3 Å². The second-order valence-corrected chi connectivity index (χ2v) is 7.98. The molecule has 1 fully saturated rings. The first-order chi connectivity index (χ1) is 16.2. The van der Waals surface area contributed by atoms with Gasteiger partial charge in [-0.3, -0.25) is 14.3 Å². The highest BCUT2D eigenvalue weighted by Gasteiger charge is 2.32. The summed E-state index contributed by atoms with van der Waals surface area (Å²) in [4.78, 5) is 27.0. The van der Waals surface area contributed by atoms with Crippen molar-refractivity contribution < 1.29 is 27.5 Å². The number of alkyl halides is 3. The summed E-state index contributed by atoms with van der Waals surface area (Å²) in [7, 11) is 3.09. The van der Waals surface area contributed by atoms with Crippen molar-refractivity contribution >= 4 is 11.8 Å². The van der Waals surface area contributed by atoms with Gasteiger partial charge in [-0.2, -0.15) is 23.4 Å². The van der Waals surface area contributed by atoms with Crippen LogP contribution in [0, 0.1) is 0 Å². The van der Waals surface area contributed by atoms with Gasteiger partial charge in [-0.15, -0.1) is 0 Å². The van der Waals surface area contributed by atoms with Gasteiger partial charge >= 0.3 is 6.18 Å². The van der Waals surface area contributed by atoms with Gasteiger partial charge in [0.15, 0.2) is 11.4 Å². The molecule has 0 spiro atoms. The van der Waals surface area contributed by atoms with Crippen LogP contribution in [0.25, 0.3) is 5.69 Å². The number of amides is 2. The Labute approximate surface area is 193 Å². The van der Waals surface area contributed by atoms with Crippen molar-refractivity contribution in [2.24, 2.45) is 7.05 Å². The third-order valence-electron chi connectivity index (χ3n) is 5.63. The Bertz CT molecular complexity index is 1190. The maximum Gasteiger partial charge on any atom is 0.416 e. The monoisotopic (exact) mass is 476 g/mol. The Morgan fingerprint density at radius 2 is 1.91 bits per heavy atom. The number of nitrogens with one attached hydrogen (secondary N) is 1. The first-order valence-corrected chi connectivity index (χ1v) is 10.6. The van der Waals surface area contributed by atoms with Gasteiger partial charge in [-0.05, 0) is 31.0 Å². The van der Waals surface area contributed by atoms with E-state index in [-0.39, 0.29) is 35.0 Å². The first-order valence-electron chi connectivity index (χ1n) is 10.6. The molecule has 3 heterocycles. The molecule has 0 saturated carbocycles. The quantitative estimate of drug-likeness (QED) is 0.611. The van der Waals surface area contributed by atoms with E-state index in [0.717, 1.165) is 12.1 Å². The van der Waals surface area contributed by atoms with Crippen molar-refractivity contribution in [2.45, 2.75) is 25.1 Å². The summed E-state index contributed by atoms with van der Waals surface area (Å²) in [6.07, 6.45) is 1.09. The van der Waals surface area contributed by atoms with Crippen molar-refractivity contribution in [1.82, 2.24) is 29.8 Å². The molecule has 0 bridgehead atoms. The predicted octanol–water partition coefficient (Wildman–Crippen LogP) is 2.67. The van der Waals surface area contributed by atoms with Gasteiger partial charge in [0, 0.05) is 32.4 Å². The number of rotatable bonds is 5. The molecule has 4 rings (SSSR count). The number of aryl methyl sites for hydroxylation is 1. The van der Waals surface area contributed by atoms with E-state index in [0.29, 0.717) is 31.5 Å². The van der Waals surface area contributed by atoms with Crippen molar-refractivity contribution in [2.75, 3.05) is 20.2 Å². The van der Waals surface area contributed by atoms with Crippen LogP contribution in [0.3, 0.4) is 0 Å². The molecule has 3 aromatic rings. The highest BCUT2D eigenvalue weighted by atomic mass is 19.4. The molecule has 0 atom stereocenters. The summed E-state index contributed by atoms with van der Waals surface area (Å²) in [6.45, 7) is 0.771. The minimum atomic E-state index is -4.50. The molecule has 2 amide bonds. The standard InChI is InChI=1S/C22H23F3N6O3/c1-29-12-14(11-26-29)20(32)27-16-6-8-30(9-7-16)21(33)19-18(34-2)13-31(28-19)17-5-3-4-15(10-17)22(23,24)25/h3-5,10-13,16H,6-9H2,1-2H3,(H,27,32). The second-order valence-electron chi connectivity index (χ2n) is 7.98. The molecule has 9 nitrogen and oxygen atoms in total. The van der Waals surface area contributed by atoms with Gasteiger partial charge in [0.05, 0.1) is 36.3 Å². The minimum Gasteiger partial charge on any atom is -0.493 e. The molecule has 2 aromatic heterocycles. The summed E-state index contributed by atoms with van der Waals surface area (Å²) >= 11 is 0. The van der Waals surface area contributed by atoms with Crippen LogP contribution in [0.4, 0.5) is 13.2 Å². The number of halogens is 3. The van der Waals surface area contributed by atoms with E-state index >= 15 is 0 Å². The van der Waals surface area contributed by atoms with Gasteiger partial charge in [0.25, 0.3) is 11.8 Å². The molecule has 0 aliphatic carbocycles. The van der Waals surface area contributed by atoms with E-state index in [1.807, 2.05) is 0 Å². The largest absolute Gasteiger partial charge is 0.493 e. The molecular weight excluding hydrogens is 453 g/mol. The van der Waals surface area contributed by atoms with E-state index in [1.54, 1.807) is 22.8 Å². The average molecular weight is 476 g/mol. The van der Waals surface area contributed by atoms with Gasteiger partial charge in [-0.25, -0.2) is 4.68 Å². The number of piperidine rings is 1. The molecular formula is C22H23F3N6O3. The Kier molecular flexibility index (Phi) is 6.31. The van der Waals surface area contributed by atoms with Crippen molar-refractivity contribution in [3.63, 3.8) is 0 Å². The fourth-order valence-corrected chi connectivity index (χ4v) is 3.80. The fraction of sp³-hybridized carbons (Fsp3) is 0.364. The molecule has 0 radical (unpaired) electrons. The summed E-state index contributed by atoms with van der Waals surface area (Å²) in [6, 6.07) is 4.57. The van der Waals surface area contributed by atoms with Crippen LogP contribution in [0.5, 0.6) is 5.75 Å². The Morgan fingerprint density at radius 3 is 2.53 bits per heavy atom. The summed E-state index contributed by atoms with van der Waals surface area (Å²) in [5.41, 5.74) is -0.185. The third-order valence-corrected chi connectivity index (χ3v) is 5.63. The number of likely N-dealkylation sites (tertiary alicyclic amines) is 1. The Hall–Kier alpha value is -3.83. The van der Waals surface area contributed by atoms with Crippen LogP contribution >= 0.6 is 0 Å². The van der Waals surface area contributed by atoms with Crippen LogP contribution in [0.2, 0.25) is 0 Å². The summed E-state index contributed by atoms with van der Waals surface area (Å²) in [5, 5.41) is 11.1. The van der Waals surface area contributed by atoms with Gasteiger partial charge in [-0.1, -0.05) is 6.07 Å². The highest BCUT2D eigenvalue weighted by Crippen LogP contribution is 2.31. The van der Waals surface area contributed by atoms with E-state index in [9.17, 15) is 22.8 Å². The number of carbonyl (C=O) groups is 2. The molecule has 0 unspecified atom stereocenters. The van der Waals surface area contributed by atoms with E-state index in [1.165, 1.54) is 36.3 Å². The predicted molar refractivity (Wildman–Crippen MR) is 115 cm³/mol. The number of aromatic nitrogens is 4. The zero-order valence-electron chi connectivity index (χ0n) is 18.5. The van der Waals surface area contributed by atoms with Crippen LogP contribution in [0.1, 0.15) is 39.3 Å². The van der Waals surface area contributed by atoms with E-state index in [4.69, 9.17) is 4.74 Å². The normalized spacial score (nSPS) is 14.8. The van der Waals surface area contributed by atoms with Gasteiger partial charge < -0.3 is 15.0 Å². The van der Waals surface area contributed by atoms with Crippen molar-refractivity contribution in [3.8, 4) is 11.4 Å². The molecule has 12 heteroatoms. The van der Waals surface area contributed by atoms with Gasteiger partial charge in [0.2, 0.25) is 0 Å². The molecule has 180 valence electrons. The molecule has 1 aliphatic heterocycles. The molecule has 1 aromatic carbocycles. The molecule has 34 heavy (non-hydrogen) atoms. The fourth-order valence-electron chi connectivity index (χ4n) is 3.80. The van der Waals surface area contributed by atoms with Crippen LogP contribution < -0.4 is 10.1 Å². The second kappa shape index (κ2) is 9.20. The lowest BCUT2D eigenvalue weighted by Crippen LogP contribution is -2.46. The lowest BCUT2D eigenvalue weighted by atomic mass is 10.0. The SMILES string of the molecule is COc1cn(-c2cccc(C(F)(F)F)c2)nc1C(=O)N1CCC(NC(=O)c2cnn(C)c2)CC1. The van der Waals surface area contributed by atoms with Crippen LogP contribution in [-0.4, -0.2) is 62.5 Å². The maximum absolute atomic E-state index is 13.1. The highest BCUT2D eigenvalue weighted by molar-refractivity contribution is 5.95. The maximum atomic E-state index is 13.1. The number of nitrogens with zero attached hydrogens (tertiary/aromatic N) is 5. The Morgan fingerprint density at radius 1 is 1.18 bits per heavy atom. The number of ether oxygens (including phenoxy) is 1. The average Bonchev–Trinajstić information content (AvgIpc) is 3.45. The smallest absolute Gasteiger partial charge is 0.416 e. The molecule has 1 N–H and O–H groups in total. The summed E-state index contributed by atoms with van der Waals surface area (Å²) < 4.78 is 47.2. The number of carbonyl (C=O) groups excluding carboxylic acids is 2. The Balaban J connectivity index is 1.44. The lowest BCUT2D eigenvalue weighted by molar-refractivity contribution is -0.137. The third kappa shape index (κ3) is 4.90. The van der Waals surface area contributed by atoms with Crippen molar-refractivity contribution in [1.29, 1.82) is 0 Å².